The van der Waals surface area contributed by atoms with Crippen molar-refractivity contribution in [1.29, 1.82) is 0 Å². The monoisotopic (exact) mass is 318 g/mol. The van der Waals surface area contributed by atoms with Crippen LogP contribution >= 0.6 is 0 Å². The van der Waals surface area contributed by atoms with Gasteiger partial charge in [0.05, 0.1) is 4.92 Å². The van der Waals surface area contributed by atoms with E-state index in [1.165, 1.54) is 12.1 Å². The number of amides is 1. The van der Waals surface area contributed by atoms with Gasteiger partial charge in [-0.2, -0.15) is 0 Å². The molecular weight excluding hydrogens is 304 g/mol. The first-order valence-electron chi connectivity index (χ1n) is 7.69. The largest absolute Gasteiger partial charge is 0.326 e. The molecule has 1 aliphatic rings. The Labute approximate surface area is 138 Å². The number of hydrogen-bond donors (Lipinski definition) is 1. The van der Waals surface area contributed by atoms with Crippen molar-refractivity contribution in [2.75, 3.05) is 5.32 Å². The molecule has 118 valence electrons. The van der Waals surface area contributed by atoms with Gasteiger partial charge in [0.25, 0.3) is 5.69 Å². The van der Waals surface area contributed by atoms with Crippen LogP contribution in [-0.2, 0) is 4.79 Å². The van der Waals surface area contributed by atoms with Gasteiger partial charge in [-0.05, 0) is 28.0 Å². The average Bonchev–Trinajstić information content (AvgIpc) is 2.60. The Bertz CT molecular complexity index is 964. The van der Waals surface area contributed by atoms with Crippen molar-refractivity contribution in [2.24, 2.45) is 0 Å². The minimum atomic E-state index is -0.416. The summed E-state index contributed by atoms with van der Waals surface area (Å²) in [5, 5.41) is 16.0. The first-order valence-corrected chi connectivity index (χ1v) is 7.69. The van der Waals surface area contributed by atoms with Gasteiger partial charge in [-0.3, -0.25) is 14.9 Å². The summed E-state index contributed by atoms with van der Waals surface area (Å²) in [6, 6.07) is 18.4. The second-order valence-electron chi connectivity index (χ2n) is 5.90. The SMILES string of the molecule is O=C1C[C@@H](c2ccc([N+](=O)[O-])cc2)c2c(ccc3ccccc23)N1. The number of hydrogen-bond acceptors (Lipinski definition) is 3. The lowest BCUT2D eigenvalue weighted by atomic mass is 9.82. The maximum Gasteiger partial charge on any atom is 0.269 e. The van der Waals surface area contributed by atoms with Crippen LogP contribution in [0, 0.1) is 10.1 Å². The molecule has 5 nitrogen and oxygen atoms in total. The van der Waals surface area contributed by atoms with Crippen molar-refractivity contribution in [2.45, 2.75) is 12.3 Å². The third-order valence-electron chi connectivity index (χ3n) is 4.49. The maximum absolute atomic E-state index is 12.1. The highest BCUT2D eigenvalue weighted by atomic mass is 16.6. The van der Waals surface area contributed by atoms with Gasteiger partial charge < -0.3 is 5.32 Å². The molecule has 0 aliphatic carbocycles. The van der Waals surface area contributed by atoms with Crippen LogP contribution in [0.25, 0.3) is 10.8 Å². The molecule has 5 heteroatoms. The van der Waals surface area contributed by atoms with Gasteiger partial charge in [0.15, 0.2) is 0 Å². The van der Waals surface area contributed by atoms with Crippen molar-refractivity contribution in [3.63, 3.8) is 0 Å². The van der Waals surface area contributed by atoms with E-state index in [1.54, 1.807) is 12.1 Å². The third-order valence-corrected chi connectivity index (χ3v) is 4.49. The minimum Gasteiger partial charge on any atom is -0.326 e. The molecule has 3 aromatic rings. The lowest BCUT2D eigenvalue weighted by Crippen LogP contribution is -2.23. The second-order valence-corrected chi connectivity index (χ2v) is 5.90. The van der Waals surface area contributed by atoms with Crippen LogP contribution < -0.4 is 5.32 Å². The predicted octanol–water partition coefficient (Wildman–Crippen LogP) is 4.22. The van der Waals surface area contributed by atoms with E-state index in [1.807, 2.05) is 36.4 Å². The molecule has 1 atom stereocenters. The van der Waals surface area contributed by atoms with E-state index in [4.69, 9.17) is 0 Å². The summed E-state index contributed by atoms with van der Waals surface area (Å²) < 4.78 is 0. The van der Waals surface area contributed by atoms with Crippen LogP contribution in [0.3, 0.4) is 0 Å². The first-order chi connectivity index (χ1) is 11.6. The molecule has 0 radical (unpaired) electrons. The zero-order valence-electron chi connectivity index (χ0n) is 12.7. The zero-order valence-corrected chi connectivity index (χ0v) is 12.7. The minimum absolute atomic E-state index is 0.0406. The Morgan fingerprint density at radius 3 is 2.50 bits per heavy atom. The fraction of sp³-hybridized carbons (Fsp3) is 0.105. The number of nitrogens with zero attached hydrogens (tertiary/aromatic N) is 1. The Morgan fingerprint density at radius 1 is 1.00 bits per heavy atom. The molecular formula is C19H14N2O3. The molecule has 1 N–H and O–H groups in total. The summed E-state index contributed by atoms with van der Waals surface area (Å²) in [6.07, 6.45) is 0.332. The van der Waals surface area contributed by atoms with Gasteiger partial charge in [0, 0.05) is 30.2 Å². The number of carbonyl (C=O) groups excluding carboxylic acids is 1. The number of non-ortho nitro benzene ring substituents is 1. The fourth-order valence-corrected chi connectivity index (χ4v) is 3.38. The predicted molar refractivity (Wildman–Crippen MR) is 92.1 cm³/mol. The quantitative estimate of drug-likeness (QED) is 0.568. The lowest BCUT2D eigenvalue weighted by molar-refractivity contribution is -0.384. The number of nitrogens with one attached hydrogen (secondary N) is 1. The highest BCUT2D eigenvalue weighted by molar-refractivity contribution is 6.01. The molecule has 1 heterocycles. The molecule has 1 aliphatic heterocycles. The number of fused-ring (bicyclic) bond motifs is 3. The van der Waals surface area contributed by atoms with Crippen LogP contribution in [0.2, 0.25) is 0 Å². The van der Waals surface area contributed by atoms with Crippen LogP contribution in [0.5, 0.6) is 0 Å². The molecule has 0 fully saturated rings. The van der Waals surface area contributed by atoms with E-state index >= 15 is 0 Å². The van der Waals surface area contributed by atoms with E-state index in [9.17, 15) is 14.9 Å². The molecule has 1 amide bonds. The summed E-state index contributed by atoms with van der Waals surface area (Å²) in [4.78, 5) is 22.5. The third kappa shape index (κ3) is 2.31. The van der Waals surface area contributed by atoms with Crippen molar-refractivity contribution < 1.29 is 9.72 Å². The molecule has 0 saturated carbocycles. The Kier molecular flexibility index (Phi) is 3.27. The zero-order chi connectivity index (χ0) is 16.7. The summed E-state index contributed by atoms with van der Waals surface area (Å²) in [6.45, 7) is 0. The summed E-state index contributed by atoms with van der Waals surface area (Å²) >= 11 is 0. The number of nitro groups is 1. The highest BCUT2D eigenvalue weighted by Gasteiger charge is 2.28. The summed E-state index contributed by atoms with van der Waals surface area (Å²) in [5.74, 6) is -0.151. The molecule has 0 bridgehead atoms. The van der Waals surface area contributed by atoms with Gasteiger partial charge in [0.1, 0.15) is 0 Å². The molecule has 0 unspecified atom stereocenters. The van der Waals surface area contributed by atoms with Crippen molar-refractivity contribution >= 4 is 28.1 Å². The maximum atomic E-state index is 12.1. The van der Waals surface area contributed by atoms with Crippen LogP contribution in [0.15, 0.2) is 60.7 Å². The Morgan fingerprint density at radius 2 is 1.75 bits per heavy atom. The van der Waals surface area contributed by atoms with E-state index in [0.29, 0.717) is 6.42 Å². The van der Waals surface area contributed by atoms with Gasteiger partial charge >= 0.3 is 0 Å². The van der Waals surface area contributed by atoms with Gasteiger partial charge in [-0.1, -0.05) is 42.5 Å². The standard InChI is InChI=1S/C19H14N2O3/c22-18-11-16(13-5-8-14(9-6-13)21(23)24)19-15-4-2-1-3-12(15)7-10-17(19)20-18/h1-10,16H,11H2,(H,20,22)/t16-/m0/s1. The van der Waals surface area contributed by atoms with Crippen LogP contribution in [-0.4, -0.2) is 10.8 Å². The van der Waals surface area contributed by atoms with Gasteiger partial charge in [0.2, 0.25) is 5.91 Å². The number of nitro benzene ring substituents is 1. The summed E-state index contributed by atoms with van der Waals surface area (Å²) in [7, 11) is 0. The number of anilines is 1. The van der Waals surface area contributed by atoms with Crippen LogP contribution in [0.1, 0.15) is 23.5 Å². The smallest absolute Gasteiger partial charge is 0.269 e. The molecule has 3 aromatic carbocycles. The normalized spacial score (nSPS) is 16.5. The number of carbonyl (C=O) groups is 1. The lowest BCUT2D eigenvalue weighted by Gasteiger charge is -2.27. The average molecular weight is 318 g/mol. The Hall–Kier alpha value is -3.21. The fourth-order valence-electron chi connectivity index (χ4n) is 3.38. The van der Waals surface area contributed by atoms with E-state index in [0.717, 1.165) is 27.6 Å². The molecule has 0 spiro atoms. The highest BCUT2D eigenvalue weighted by Crippen LogP contribution is 2.41. The molecule has 0 aromatic heterocycles. The van der Waals surface area contributed by atoms with Crippen molar-refractivity contribution in [3.05, 3.63) is 81.9 Å². The van der Waals surface area contributed by atoms with E-state index in [2.05, 4.69) is 5.32 Å². The van der Waals surface area contributed by atoms with Gasteiger partial charge in [-0.25, -0.2) is 0 Å². The topological polar surface area (TPSA) is 72.2 Å². The number of benzene rings is 3. The molecule has 4 rings (SSSR count). The van der Waals surface area contributed by atoms with E-state index in [-0.39, 0.29) is 17.5 Å². The van der Waals surface area contributed by atoms with Gasteiger partial charge in [-0.15, -0.1) is 0 Å². The van der Waals surface area contributed by atoms with E-state index < -0.39 is 4.92 Å². The first kappa shape index (κ1) is 14.4. The van der Waals surface area contributed by atoms with Crippen molar-refractivity contribution in [1.82, 2.24) is 0 Å². The molecule has 24 heavy (non-hydrogen) atoms. The van der Waals surface area contributed by atoms with Crippen LogP contribution in [0.4, 0.5) is 11.4 Å². The second kappa shape index (κ2) is 5.45. The summed E-state index contributed by atoms with van der Waals surface area (Å²) in [5.41, 5.74) is 2.85. The number of rotatable bonds is 2. The molecule has 0 saturated heterocycles. The van der Waals surface area contributed by atoms with Crippen molar-refractivity contribution in [3.8, 4) is 0 Å². The Balaban J connectivity index is 1.90.